The van der Waals surface area contributed by atoms with Gasteiger partial charge in [0.1, 0.15) is 18.4 Å². The lowest BCUT2D eigenvalue weighted by Crippen LogP contribution is -2.34. The minimum absolute atomic E-state index is 0.0935. The molecule has 1 saturated heterocycles. The molecule has 4 rings (SSSR count). The van der Waals surface area contributed by atoms with E-state index in [0.29, 0.717) is 12.0 Å². The lowest BCUT2D eigenvalue weighted by Gasteiger charge is -2.23. The molecule has 0 radical (unpaired) electrons. The molecule has 2 aromatic rings. The van der Waals surface area contributed by atoms with Crippen LogP contribution in [0.3, 0.4) is 0 Å². The van der Waals surface area contributed by atoms with Crippen LogP contribution in [-0.2, 0) is 19.0 Å². The summed E-state index contributed by atoms with van der Waals surface area (Å²) in [6.45, 7) is 3.37. The van der Waals surface area contributed by atoms with Crippen LogP contribution in [0, 0.1) is 13.8 Å². The fourth-order valence-corrected chi connectivity index (χ4v) is 3.97. The second kappa shape index (κ2) is 6.19. The highest BCUT2D eigenvalue weighted by atomic mass is 32.2. The lowest BCUT2D eigenvalue weighted by molar-refractivity contribution is -0.0183. The molecule has 1 aromatic heterocycles. The predicted octanol–water partition coefficient (Wildman–Crippen LogP) is 1.31. The Balaban J connectivity index is 1.48. The number of aromatic nitrogens is 2. The van der Waals surface area contributed by atoms with Crippen LogP contribution in [0.2, 0.25) is 0 Å². The zero-order valence-electron chi connectivity index (χ0n) is 14.3. The smallest absolute Gasteiger partial charge is 0.302 e. The van der Waals surface area contributed by atoms with Gasteiger partial charge in [0.25, 0.3) is 15.7 Å². The zero-order chi connectivity index (χ0) is 18.5. The molecule has 138 valence electrons. The minimum Gasteiger partial charge on any atom is -0.458 e. The molecule has 2 aliphatic rings. The maximum absolute atomic E-state index is 12.3. The summed E-state index contributed by atoms with van der Waals surface area (Å²) < 4.78 is 43.0. The van der Waals surface area contributed by atoms with Crippen molar-refractivity contribution in [1.29, 1.82) is 0 Å². The molecule has 1 aromatic carbocycles. The monoisotopic (exact) mass is 378 g/mol. The number of hydrogen-bond donors (Lipinski definition) is 0. The SMILES string of the molecule is Cc1ccc(S(=O)(=O)OC[C@H]2O[C@@H]3C[C@@H]2Oc2nc(=O)c(C)cn23)cc1. The van der Waals surface area contributed by atoms with Gasteiger partial charge in [-0.15, -0.1) is 0 Å². The van der Waals surface area contributed by atoms with Gasteiger partial charge in [-0.25, -0.2) is 0 Å². The number of nitrogens with zero attached hydrogens (tertiary/aromatic N) is 2. The van der Waals surface area contributed by atoms with Crippen molar-refractivity contribution in [3.8, 4) is 6.01 Å². The predicted molar refractivity (Wildman–Crippen MR) is 90.5 cm³/mol. The maximum atomic E-state index is 12.3. The van der Waals surface area contributed by atoms with Crippen molar-refractivity contribution in [2.24, 2.45) is 0 Å². The number of rotatable bonds is 4. The van der Waals surface area contributed by atoms with Crippen LogP contribution < -0.4 is 10.3 Å². The summed E-state index contributed by atoms with van der Waals surface area (Å²) in [5, 5.41) is 0. The second-order valence-corrected chi connectivity index (χ2v) is 8.11. The Morgan fingerprint density at radius 2 is 2.00 bits per heavy atom. The van der Waals surface area contributed by atoms with Crippen LogP contribution in [0.5, 0.6) is 6.01 Å². The van der Waals surface area contributed by atoms with Crippen molar-refractivity contribution in [3.63, 3.8) is 0 Å². The third-order valence-corrected chi connectivity index (χ3v) is 5.83. The standard InChI is InChI=1S/C17H18N2O6S/c1-10-3-5-12(6-4-10)26(21,22)23-9-14-13-7-15(24-14)19-8-11(2)16(20)18-17(19)25-13/h3-6,8,13-15H,7,9H2,1-2H3/t13-,14+,15+/m0/s1. The van der Waals surface area contributed by atoms with Gasteiger partial charge < -0.3 is 9.47 Å². The van der Waals surface area contributed by atoms with E-state index in [1.807, 2.05) is 6.92 Å². The summed E-state index contributed by atoms with van der Waals surface area (Å²) >= 11 is 0. The van der Waals surface area contributed by atoms with Crippen molar-refractivity contribution in [2.45, 2.75) is 43.6 Å². The molecule has 26 heavy (non-hydrogen) atoms. The summed E-state index contributed by atoms with van der Waals surface area (Å²) in [5.41, 5.74) is 1.09. The number of fused-ring (bicyclic) bond motifs is 4. The molecule has 2 bridgehead atoms. The van der Waals surface area contributed by atoms with E-state index in [2.05, 4.69) is 4.98 Å². The zero-order valence-corrected chi connectivity index (χ0v) is 15.1. The van der Waals surface area contributed by atoms with Crippen LogP contribution in [0.4, 0.5) is 0 Å². The molecule has 0 saturated carbocycles. The van der Waals surface area contributed by atoms with Gasteiger partial charge >= 0.3 is 6.01 Å². The van der Waals surface area contributed by atoms with Crippen LogP contribution in [-0.4, -0.2) is 36.8 Å². The fraction of sp³-hybridized carbons (Fsp3) is 0.412. The third kappa shape index (κ3) is 3.02. The Bertz CT molecular complexity index is 999. The summed E-state index contributed by atoms with van der Waals surface area (Å²) in [6, 6.07) is 6.61. The van der Waals surface area contributed by atoms with Crippen LogP contribution in [0.1, 0.15) is 23.8 Å². The Labute approximate surface area is 150 Å². The van der Waals surface area contributed by atoms with Crippen molar-refractivity contribution >= 4 is 10.1 Å². The Hall–Kier alpha value is -2.23. The quantitative estimate of drug-likeness (QED) is 0.740. The minimum atomic E-state index is -3.88. The van der Waals surface area contributed by atoms with Crippen molar-refractivity contribution < 1.29 is 22.1 Å². The van der Waals surface area contributed by atoms with E-state index in [-0.39, 0.29) is 29.3 Å². The fourth-order valence-electron chi connectivity index (χ4n) is 3.06. The average molecular weight is 378 g/mol. The number of aryl methyl sites for hydroxylation is 2. The Kier molecular flexibility index (Phi) is 4.09. The van der Waals surface area contributed by atoms with E-state index < -0.39 is 22.3 Å². The van der Waals surface area contributed by atoms with Gasteiger partial charge in [0, 0.05) is 18.2 Å². The topological polar surface area (TPSA) is 96.7 Å². The summed E-state index contributed by atoms with van der Waals surface area (Å²) in [4.78, 5) is 15.7. The van der Waals surface area contributed by atoms with Gasteiger partial charge in [-0.3, -0.25) is 13.5 Å². The van der Waals surface area contributed by atoms with Gasteiger partial charge in [0.2, 0.25) is 0 Å². The molecule has 0 N–H and O–H groups in total. The van der Waals surface area contributed by atoms with Gasteiger partial charge in [-0.1, -0.05) is 17.7 Å². The number of ether oxygens (including phenoxy) is 2. The van der Waals surface area contributed by atoms with Crippen LogP contribution >= 0.6 is 0 Å². The molecule has 3 heterocycles. The number of benzene rings is 1. The highest BCUT2D eigenvalue weighted by Crippen LogP contribution is 2.38. The molecular formula is C17H18N2O6S. The van der Waals surface area contributed by atoms with Crippen molar-refractivity contribution in [2.75, 3.05) is 6.61 Å². The molecule has 3 atom stereocenters. The van der Waals surface area contributed by atoms with Crippen LogP contribution in [0.15, 0.2) is 40.2 Å². The summed E-state index contributed by atoms with van der Waals surface area (Å²) in [6.07, 6.45) is 0.833. The second-order valence-electron chi connectivity index (χ2n) is 6.49. The average Bonchev–Trinajstić information content (AvgIpc) is 2.93. The van der Waals surface area contributed by atoms with Gasteiger partial charge in [0.15, 0.2) is 0 Å². The van der Waals surface area contributed by atoms with E-state index in [1.54, 1.807) is 29.8 Å². The highest BCUT2D eigenvalue weighted by Gasteiger charge is 2.44. The lowest BCUT2D eigenvalue weighted by atomic mass is 10.1. The molecular weight excluding hydrogens is 360 g/mol. The van der Waals surface area contributed by atoms with E-state index in [1.165, 1.54) is 12.1 Å². The first-order valence-electron chi connectivity index (χ1n) is 8.21. The molecule has 0 amide bonds. The molecule has 0 unspecified atom stereocenters. The number of hydrogen-bond acceptors (Lipinski definition) is 7. The van der Waals surface area contributed by atoms with Gasteiger partial charge in [0.05, 0.1) is 11.5 Å². The molecule has 2 aliphatic heterocycles. The van der Waals surface area contributed by atoms with E-state index in [4.69, 9.17) is 13.7 Å². The summed E-state index contributed by atoms with van der Waals surface area (Å²) in [7, 11) is -3.88. The van der Waals surface area contributed by atoms with Gasteiger partial charge in [-0.05, 0) is 26.0 Å². The molecule has 9 heteroatoms. The first kappa shape index (κ1) is 17.2. The highest BCUT2D eigenvalue weighted by molar-refractivity contribution is 7.86. The Morgan fingerprint density at radius 1 is 1.27 bits per heavy atom. The first-order valence-corrected chi connectivity index (χ1v) is 9.62. The molecule has 8 nitrogen and oxygen atoms in total. The normalized spacial score (nSPS) is 24.2. The van der Waals surface area contributed by atoms with Crippen LogP contribution in [0.25, 0.3) is 0 Å². The first-order chi connectivity index (χ1) is 12.3. The van der Waals surface area contributed by atoms with Gasteiger partial charge in [-0.2, -0.15) is 13.4 Å². The van der Waals surface area contributed by atoms with Crippen molar-refractivity contribution in [1.82, 2.24) is 9.55 Å². The molecule has 0 aliphatic carbocycles. The molecule has 0 spiro atoms. The maximum Gasteiger partial charge on any atom is 0.302 e. The van der Waals surface area contributed by atoms with E-state index in [0.717, 1.165) is 5.56 Å². The largest absolute Gasteiger partial charge is 0.458 e. The molecule has 1 fully saturated rings. The third-order valence-electron chi connectivity index (χ3n) is 4.53. The Morgan fingerprint density at radius 3 is 2.73 bits per heavy atom. The van der Waals surface area contributed by atoms with Crippen molar-refractivity contribution in [3.05, 3.63) is 51.9 Å². The summed E-state index contributed by atoms with van der Waals surface area (Å²) in [5.74, 6) is 0. The van der Waals surface area contributed by atoms with E-state index >= 15 is 0 Å². The van der Waals surface area contributed by atoms with E-state index in [9.17, 15) is 13.2 Å².